The number of hydrogen-bond donors (Lipinski definition) is 1. The van der Waals surface area contributed by atoms with Crippen molar-refractivity contribution in [3.8, 4) is 0 Å². The van der Waals surface area contributed by atoms with Crippen molar-refractivity contribution in [2.45, 2.75) is 26.3 Å². The molecule has 3 aromatic heterocycles. The predicted molar refractivity (Wildman–Crippen MR) is 116 cm³/mol. The van der Waals surface area contributed by atoms with E-state index in [2.05, 4.69) is 35.8 Å². The number of nitrogens with one attached hydrogen (secondary N) is 1. The molecular formula is C17H24IN7S. The van der Waals surface area contributed by atoms with E-state index in [1.807, 2.05) is 42.8 Å². The van der Waals surface area contributed by atoms with Crippen molar-refractivity contribution < 1.29 is 0 Å². The average molecular weight is 485 g/mol. The summed E-state index contributed by atoms with van der Waals surface area (Å²) < 4.78 is 2.03. The second kappa shape index (κ2) is 9.81. The normalized spacial score (nSPS) is 11.4. The zero-order valence-corrected chi connectivity index (χ0v) is 18.4. The summed E-state index contributed by atoms with van der Waals surface area (Å²) in [4.78, 5) is 10.9. The Labute approximate surface area is 174 Å². The zero-order chi connectivity index (χ0) is 17.6. The molecule has 7 nitrogen and oxygen atoms in total. The maximum atomic E-state index is 4.50. The Hall–Kier alpha value is -1.75. The van der Waals surface area contributed by atoms with Crippen LogP contribution in [0.2, 0.25) is 0 Å². The van der Waals surface area contributed by atoms with Gasteiger partial charge in [0.05, 0.1) is 17.2 Å². The molecular weight excluding hydrogens is 461 g/mol. The topological polar surface area (TPSA) is 70.7 Å². The maximum Gasteiger partial charge on any atom is 0.193 e. The summed E-state index contributed by atoms with van der Waals surface area (Å²) >= 11 is 1.67. The first-order valence-electron chi connectivity index (χ1n) is 8.29. The fourth-order valence-corrected chi connectivity index (χ4v) is 3.30. The number of thiazole rings is 1. The van der Waals surface area contributed by atoms with Crippen LogP contribution in [0.1, 0.15) is 22.9 Å². The van der Waals surface area contributed by atoms with Crippen LogP contribution >= 0.6 is 35.3 Å². The molecule has 0 spiro atoms. The molecule has 3 rings (SSSR count). The van der Waals surface area contributed by atoms with E-state index >= 15 is 0 Å². The number of aliphatic imine (C=N–C) groups is 1. The van der Waals surface area contributed by atoms with Gasteiger partial charge in [-0.15, -0.1) is 45.5 Å². The van der Waals surface area contributed by atoms with Gasteiger partial charge in [0.1, 0.15) is 5.82 Å². The summed E-state index contributed by atoms with van der Waals surface area (Å²) in [7, 11) is 3.83. The molecule has 1 N–H and O–H groups in total. The first-order valence-corrected chi connectivity index (χ1v) is 9.17. The van der Waals surface area contributed by atoms with Crippen LogP contribution in [0.5, 0.6) is 0 Å². The van der Waals surface area contributed by atoms with Gasteiger partial charge in [0.25, 0.3) is 0 Å². The largest absolute Gasteiger partial charge is 0.356 e. The predicted octanol–water partition coefficient (Wildman–Crippen LogP) is 2.75. The molecule has 26 heavy (non-hydrogen) atoms. The fraction of sp³-hybridized carbons (Fsp3) is 0.412. The number of fused-ring (bicyclic) bond motifs is 1. The Kier molecular flexibility index (Phi) is 7.76. The van der Waals surface area contributed by atoms with Crippen LogP contribution in [0.15, 0.2) is 34.8 Å². The first-order chi connectivity index (χ1) is 12.2. The molecule has 0 bridgehead atoms. The highest BCUT2D eigenvalue weighted by atomic mass is 127. The van der Waals surface area contributed by atoms with Crippen molar-refractivity contribution in [1.82, 2.24) is 29.8 Å². The lowest BCUT2D eigenvalue weighted by Crippen LogP contribution is -2.39. The van der Waals surface area contributed by atoms with Gasteiger partial charge in [0, 0.05) is 38.6 Å². The van der Waals surface area contributed by atoms with Gasteiger partial charge < -0.3 is 10.2 Å². The van der Waals surface area contributed by atoms with Gasteiger partial charge in [-0.05, 0) is 25.5 Å². The van der Waals surface area contributed by atoms with E-state index in [0.29, 0.717) is 0 Å². The quantitative estimate of drug-likeness (QED) is 0.252. The van der Waals surface area contributed by atoms with Gasteiger partial charge in [-0.25, -0.2) is 4.98 Å². The van der Waals surface area contributed by atoms with E-state index in [0.717, 1.165) is 54.1 Å². The lowest BCUT2D eigenvalue weighted by atomic mass is 10.3. The Morgan fingerprint density at radius 3 is 2.92 bits per heavy atom. The number of guanidine groups is 1. The highest BCUT2D eigenvalue weighted by Crippen LogP contribution is 2.10. The van der Waals surface area contributed by atoms with Crippen molar-refractivity contribution in [2.75, 3.05) is 20.6 Å². The number of hydrogen-bond acceptors (Lipinski definition) is 5. The van der Waals surface area contributed by atoms with Crippen molar-refractivity contribution in [3.05, 3.63) is 46.3 Å². The van der Waals surface area contributed by atoms with Gasteiger partial charge in [0.15, 0.2) is 11.6 Å². The third kappa shape index (κ3) is 5.13. The molecule has 0 fully saturated rings. The number of aromatic nitrogens is 4. The minimum Gasteiger partial charge on any atom is -0.356 e. The van der Waals surface area contributed by atoms with E-state index in [1.165, 1.54) is 0 Å². The molecule has 0 unspecified atom stereocenters. The van der Waals surface area contributed by atoms with Crippen LogP contribution in [-0.4, -0.2) is 51.1 Å². The summed E-state index contributed by atoms with van der Waals surface area (Å²) in [6.45, 7) is 3.60. The van der Waals surface area contributed by atoms with E-state index < -0.39 is 0 Å². The second-order valence-electron chi connectivity index (χ2n) is 5.84. The smallest absolute Gasteiger partial charge is 0.193 e. The van der Waals surface area contributed by atoms with Crippen LogP contribution in [0, 0.1) is 6.92 Å². The minimum atomic E-state index is 0. The summed E-state index contributed by atoms with van der Waals surface area (Å²) in [6, 6.07) is 5.93. The van der Waals surface area contributed by atoms with Gasteiger partial charge in [-0.1, -0.05) is 6.07 Å². The summed E-state index contributed by atoms with van der Waals surface area (Å²) in [6.07, 6.45) is 3.82. The van der Waals surface area contributed by atoms with Crippen LogP contribution in [0.4, 0.5) is 0 Å². The van der Waals surface area contributed by atoms with Gasteiger partial charge >= 0.3 is 0 Å². The van der Waals surface area contributed by atoms with Crippen LogP contribution in [-0.2, 0) is 13.0 Å². The summed E-state index contributed by atoms with van der Waals surface area (Å²) in [5, 5.41) is 15.0. The second-order valence-corrected chi connectivity index (χ2v) is 6.90. The zero-order valence-electron chi connectivity index (χ0n) is 15.2. The highest BCUT2D eigenvalue weighted by molar-refractivity contribution is 14.0. The lowest BCUT2D eigenvalue weighted by Gasteiger charge is -2.21. The summed E-state index contributed by atoms with van der Waals surface area (Å²) in [5.74, 6) is 1.86. The molecule has 0 radical (unpaired) electrons. The maximum absolute atomic E-state index is 4.50. The summed E-state index contributed by atoms with van der Waals surface area (Å²) in [5.41, 5.74) is 1.96. The van der Waals surface area contributed by atoms with E-state index in [1.54, 1.807) is 18.4 Å². The molecule has 3 heterocycles. The lowest BCUT2D eigenvalue weighted by molar-refractivity contribution is 0.469. The van der Waals surface area contributed by atoms with Gasteiger partial charge in [0.2, 0.25) is 0 Å². The minimum absolute atomic E-state index is 0. The molecule has 140 valence electrons. The number of pyridine rings is 1. The number of aryl methyl sites for hydroxylation is 2. The van der Waals surface area contributed by atoms with Crippen LogP contribution in [0.25, 0.3) is 5.65 Å². The van der Waals surface area contributed by atoms with Crippen LogP contribution in [0.3, 0.4) is 0 Å². The Bertz CT molecular complexity index is 858. The number of rotatable bonds is 6. The Balaban J connectivity index is 0.00000243. The third-order valence-corrected chi connectivity index (χ3v) is 4.71. The number of nitrogens with zero attached hydrogens (tertiary/aromatic N) is 6. The molecule has 0 atom stereocenters. The molecule has 3 aromatic rings. The average Bonchev–Trinajstić information content (AvgIpc) is 3.21. The van der Waals surface area contributed by atoms with Gasteiger partial charge in [-0.2, -0.15) is 0 Å². The molecule has 0 aliphatic carbocycles. The van der Waals surface area contributed by atoms with Gasteiger partial charge in [-0.3, -0.25) is 9.39 Å². The molecule has 0 aromatic carbocycles. The molecule has 0 saturated carbocycles. The van der Waals surface area contributed by atoms with E-state index in [4.69, 9.17) is 0 Å². The van der Waals surface area contributed by atoms with E-state index in [9.17, 15) is 0 Å². The monoisotopic (exact) mass is 485 g/mol. The van der Waals surface area contributed by atoms with Crippen LogP contribution < -0.4 is 5.32 Å². The van der Waals surface area contributed by atoms with Crippen molar-refractivity contribution >= 4 is 46.9 Å². The SMILES string of the molecule is CN=C(NCCCc1nnc2ccccn12)N(C)Cc1csc(C)n1.I. The van der Waals surface area contributed by atoms with Crippen molar-refractivity contribution in [1.29, 1.82) is 0 Å². The fourth-order valence-electron chi connectivity index (χ4n) is 2.69. The Morgan fingerprint density at radius 1 is 1.35 bits per heavy atom. The Morgan fingerprint density at radius 2 is 2.19 bits per heavy atom. The number of halogens is 1. The molecule has 0 amide bonds. The first kappa shape index (κ1) is 20.6. The van der Waals surface area contributed by atoms with Crippen molar-refractivity contribution in [3.63, 3.8) is 0 Å². The highest BCUT2D eigenvalue weighted by Gasteiger charge is 2.09. The van der Waals surface area contributed by atoms with Crippen molar-refractivity contribution in [2.24, 2.45) is 4.99 Å². The standard InChI is InChI=1S/C17H23N7S.HI/c1-13-20-14(12-25-13)11-23(3)17(18-2)19-9-6-8-16-22-21-15-7-4-5-10-24(15)16;/h4-5,7,10,12H,6,8-9,11H2,1-3H3,(H,18,19);1H. The third-order valence-electron chi connectivity index (χ3n) is 3.88. The molecule has 0 aliphatic rings. The molecule has 0 aliphatic heterocycles. The molecule has 0 saturated heterocycles. The van der Waals surface area contributed by atoms with E-state index in [-0.39, 0.29) is 24.0 Å². The molecule has 9 heteroatoms.